The number of aryl methyl sites for hydroxylation is 1. The van der Waals surface area contributed by atoms with Crippen molar-refractivity contribution in [2.45, 2.75) is 57.9 Å². The first-order valence-electron chi connectivity index (χ1n) is 10.2. The third kappa shape index (κ3) is 3.31. The predicted molar refractivity (Wildman–Crippen MR) is 107 cm³/mol. The molecule has 0 unspecified atom stereocenters. The van der Waals surface area contributed by atoms with Crippen LogP contribution in [0.5, 0.6) is 0 Å². The van der Waals surface area contributed by atoms with Crippen LogP contribution in [-0.4, -0.2) is 56.8 Å². The van der Waals surface area contributed by atoms with Crippen molar-refractivity contribution >= 4 is 17.2 Å². The summed E-state index contributed by atoms with van der Waals surface area (Å²) in [7, 11) is 0. The molecule has 7 heteroatoms. The number of thiazole rings is 1. The van der Waals surface area contributed by atoms with Gasteiger partial charge in [-0.25, -0.2) is 9.97 Å². The van der Waals surface area contributed by atoms with Crippen LogP contribution in [0.3, 0.4) is 0 Å². The van der Waals surface area contributed by atoms with Crippen molar-refractivity contribution in [2.75, 3.05) is 26.2 Å². The Kier molecular flexibility index (Phi) is 5.32. The van der Waals surface area contributed by atoms with Crippen LogP contribution >= 0.6 is 11.3 Å². The fourth-order valence-corrected chi connectivity index (χ4v) is 5.53. The Hall–Kier alpha value is -1.73. The molecule has 2 aromatic rings. The number of aromatic amines is 1. The first kappa shape index (κ1) is 18.6. The van der Waals surface area contributed by atoms with Gasteiger partial charge in [-0.15, -0.1) is 11.3 Å². The van der Waals surface area contributed by atoms with Crippen molar-refractivity contribution in [3.63, 3.8) is 0 Å². The number of piperidine rings is 1. The van der Waals surface area contributed by atoms with E-state index in [1.165, 1.54) is 11.4 Å². The summed E-state index contributed by atoms with van der Waals surface area (Å²) in [4.78, 5) is 30.1. The lowest BCUT2D eigenvalue weighted by Crippen LogP contribution is -2.57. The summed E-state index contributed by atoms with van der Waals surface area (Å²) >= 11 is 1.61. The van der Waals surface area contributed by atoms with Gasteiger partial charge in [-0.3, -0.25) is 9.69 Å². The Bertz CT molecular complexity index is 790. The second kappa shape index (κ2) is 7.72. The van der Waals surface area contributed by atoms with Crippen molar-refractivity contribution in [2.24, 2.45) is 0 Å². The Morgan fingerprint density at radius 1 is 1.26 bits per heavy atom. The highest BCUT2D eigenvalue weighted by Gasteiger charge is 2.46. The number of amides is 1. The molecule has 1 amide bonds. The largest absolute Gasteiger partial charge is 0.348 e. The summed E-state index contributed by atoms with van der Waals surface area (Å²) in [5, 5.41) is 2.99. The number of hydrogen-bond donors (Lipinski definition) is 1. The zero-order valence-electron chi connectivity index (χ0n) is 16.3. The lowest BCUT2D eigenvalue weighted by Gasteiger charge is -2.50. The molecule has 146 valence electrons. The molecule has 0 saturated carbocycles. The first-order chi connectivity index (χ1) is 13.2. The van der Waals surface area contributed by atoms with Crippen molar-refractivity contribution in [1.82, 2.24) is 24.8 Å². The topological polar surface area (TPSA) is 65.1 Å². The summed E-state index contributed by atoms with van der Waals surface area (Å²) in [5.74, 6) is 0.0866. The van der Waals surface area contributed by atoms with Gasteiger partial charge in [0.2, 0.25) is 0 Å². The number of carbonyl (C=O) groups excluding carboxylic acids is 1. The van der Waals surface area contributed by atoms with Crippen molar-refractivity contribution < 1.29 is 4.79 Å². The van der Waals surface area contributed by atoms with Gasteiger partial charge in [0.05, 0.1) is 22.6 Å². The van der Waals surface area contributed by atoms with Gasteiger partial charge in [0.1, 0.15) is 5.69 Å². The van der Waals surface area contributed by atoms with Crippen molar-refractivity contribution in [3.05, 3.63) is 33.8 Å². The van der Waals surface area contributed by atoms with Crippen LogP contribution in [-0.2, 0) is 18.4 Å². The molecule has 4 rings (SSSR count). The number of rotatable bonds is 5. The molecule has 2 aliphatic heterocycles. The lowest BCUT2D eigenvalue weighted by molar-refractivity contribution is 0.00692. The summed E-state index contributed by atoms with van der Waals surface area (Å²) in [6.45, 7) is 8.08. The molecule has 27 heavy (non-hydrogen) atoms. The van der Waals surface area contributed by atoms with Crippen molar-refractivity contribution in [1.29, 1.82) is 0 Å². The number of nitrogens with zero attached hydrogens (tertiary/aromatic N) is 4. The van der Waals surface area contributed by atoms with E-state index in [4.69, 9.17) is 4.98 Å². The average Bonchev–Trinajstić information content (AvgIpc) is 3.35. The Balaban J connectivity index is 1.50. The fraction of sp³-hybridized carbons (Fsp3) is 0.650. The summed E-state index contributed by atoms with van der Waals surface area (Å²) in [6.07, 6.45) is 7.93. The van der Waals surface area contributed by atoms with Crippen LogP contribution in [0.4, 0.5) is 0 Å². The molecule has 6 nitrogen and oxygen atoms in total. The third-order valence-corrected chi connectivity index (χ3v) is 6.91. The lowest BCUT2D eigenvalue weighted by atomic mass is 9.78. The predicted octanol–water partition coefficient (Wildman–Crippen LogP) is 3.22. The van der Waals surface area contributed by atoms with Gasteiger partial charge >= 0.3 is 0 Å². The van der Waals surface area contributed by atoms with E-state index >= 15 is 0 Å². The number of H-pyrrole nitrogens is 1. The minimum Gasteiger partial charge on any atom is -0.348 e. The van der Waals surface area contributed by atoms with E-state index in [9.17, 15) is 4.79 Å². The quantitative estimate of drug-likeness (QED) is 0.855. The highest BCUT2D eigenvalue weighted by molar-refractivity contribution is 7.09. The van der Waals surface area contributed by atoms with Crippen LogP contribution in [0.25, 0.3) is 0 Å². The number of likely N-dealkylation sites (tertiary alicyclic amines) is 1. The maximum Gasteiger partial charge on any atom is 0.273 e. The molecular weight excluding hydrogens is 358 g/mol. The number of hydrogen-bond acceptors (Lipinski definition) is 5. The van der Waals surface area contributed by atoms with E-state index in [0.29, 0.717) is 5.69 Å². The minimum absolute atomic E-state index is 0.0180. The zero-order chi connectivity index (χ0) is 18.9. The Labute approximate surface area is 165 Å². The molecule has 0 bridgehead atoms. The van der Waals surface area contributed by atoms with Crippen molar-refractivity contribution in [3.8, 4) is 0 Å². The van der Waals surface area contributed by atoms with Gasteiger partial charge in [0, 0.05) is 37.1 Å². The van der Waals surface area contributed by atoms with E-state index in [-0.39, 0.29) is 11.4 Å². The Morgan fingerprint density at radius 3 is 2.81 bits per heavy atom. The van der Waals surface area contributed by atoms with Gasteiger partial charge in [0.15, 0.2) is 0 Å². The minimum atomic E-state index is -0.0180. The fourth-order valence-electron chi connectivity index (χ4n) is 4.65. The smallest absolute Gasteiger partial charge is 0.273 e. The molecule has 1 saturated heterocycles. The van der Waals surface area contributed by atoms with E-state index in [2.05, 4.69) is 28.7 Å². The summed E-state index contributed by atoms with van der Waals surface area (Å²) < 4.78 is 0. The second-order valence-corrected chi connectivity index (χ2v) is 8.61. The standard InChI is InChI=1S/C20H29N5OS/c1-3-5-17-23-16(13-27-17)19(26)24-11-7-20(8-12-24)18-15(21-14-22-18)6-10-25(20)9-4-2/h13-14H,3-12H2,1-2H3,(H,21,22). The first-order valence-corrected chi connectivity index (χ1v) is 11.1. The van der Waals surface area contributed by atoms with E-state index in [1.54, 1.807) is 11.3 Å². The van der Waals surface area contributed by atoms with Gasteiger partial charge in [-0.2, -0.15) is 0 Å². The van der Waals surface area contributed by atoms with Gasteiger partial charge in [0.25, 0.3) is 5.91 Å². The summed E-state index contributed by atoms with van der Waals surface area (Å²) in [6, 6.07) is 0. The summed E-state index contributed by atoms with van der Waals surface area (Å²) in [5.41, 5.74) is 3.10. The van der Waals surface area contributed by atoms with E-state index in [1.807, 2.05) is 16.6 Å². The maximum atomic E-state index is 12.9. The SMILES string of the molecule is CCCc1nc(C(=O)N2CCC3(CC2)c2nc[nH]c2CCN3CCC)cs1. The van der Waals surface area contributed by atoms with Gasteiger partial charge in [-0.1, -0.05) is 13.8 Å². The normalized spacial score (nSPS) is 19.4. The molecule has 1 fully saturated rings. The van der Waals surface area contributed by atoms with Crippen LogP contribution in [0, 0.1) is 0 Å². The third-order valence-electron chi connectivity index (χ3n) is 6.00. The highest BCUT2D eigenvalue weighted by atomic mass is 32.1. The van der Waals surface area contributed by atoms with Gasteiger partial charge < -0.3 is 9.88 Å². The molecule has 1 spiro atoms. The molecular formula is C20H29N5OS. The number of carbonyl (C=O) groups is 1. The second-order valence-electron chi connectivity index (χ2n) is 7.67. The average molecular weight is 388 g/mol. The molecule has 0 aliphatic carbocycles. The Morgan fingerprint density at radius 2 is 2.07 bits per heavy atom. The molecule has 4 heterocycles. The van der Waals surface area contributed by atoms with Crippen LogP contribution in [0.1, 0.15) is 66.4 Å². The number of aromatic nitrogens is 3. The van der Waals surface area contributed by atoms with Crippen LogP contribution in [0.2, 0.25) is 0 Å². The monoisotopic (exact) mass is 387 g/mol. The van der Waals surface area contributed by atoms with E-state index in [0.717, 1.165) is 69.7 Å². The van der Waals surface area contributed by atoms with Crippen LogP contribution in [0.15, 0.2) is 11.7 Å². The van der Waals surface area contributed by atoms with Gasteiger partial charge in [-0.05, 0) is 38.6 Å². The van der Waals surface area contributed by atoms with E-state index < -0.39 is 0 Å². The molecule has 0 aromatic carbocycles. The molecule has 0 atom stereocenters. The van der Waals surface area contributed by atoms with Crippen LogP contribution < -0.4 is 0 Å². The maximum absolute atomic E-state index is 12.9. The number of imidazole rings is 1. The zero-order valence-corrected chi connectivity index (χ0v) is 17.1. The highest BCUT2D eigenvalue weighted by Crippen LogP contribution is 2.42. The number of fused-ring (bicyclic) bond motifs is 2. The molecule has 2 aromatic heterocycles. The number of nitrogens with one attached hydrogen (secondary N) is 1. The molecule has 1 N–H and O–H groups in total. The molecule has 0 radical (unpaired) electrons. The molecule has 2 aliphatic rings.